The molecule has 4 saturated carbocycles. The number of carbonyl (C=O) groups is 3. The lowest BCUT2D eigenvalue weighted by Gasteiger charge is -2.70. The van der Waals surface area contributed by atoms with Crippen molar-refractivity contribution in [2.45, 2.75) is 126 Å². The summed E-state index contributed by atoms with van der Waals surface area (Å²) in [6, 6.07) is 10.1. The number of hydrogen-bond donors (Lipinski definition) is 1. The Labute approximate surface area is 265 Å². The molecule has 240 valence electrons. The summed E-state index contributed by atoms with van der Waals surface area (Å²) in [5.41, 5.74) is 1.55. The predicted octanol–water partition coefficient (Wildman–Crippen LogP) is 8.22. The minimum atomic E-state index is -0.457. The van der Waals surface area contributed by atoms with Gasteiger partial charge in [0.05, 0.1) is 0 Å². The minimum absolute atomic E-state index is 0.0476. The molecule has 0 saturated heterocycles. The van der Waals surface area contributed by atoms with Crippen molar-refractivity contribution in [2.75, 3.05) is 0 Å². The number of hydrogen-bond acceptors (Lipinski definition) is 4. The molecule has 0 unspecified atom stereocenters. The first kappa shape index (κ1) is 31.5. The summed E-state index contributed by atoms with van der Waals surface area (Å²) in [5, 5.41) is 3.26. The van der Waals surface area contributed by atoms with E-state index in [2.05, 4.69) is 72.0 Å². The minimum Gasteiger partial charge on any atom is -0.462 e. The molecule has 1 aromatic rings. The Morgan fingerprint density at radius 3 is 2.25 bits per heavy atom. The summed E-state index contributed by atoms with van der Waals surface area (Å²) >= 11 is 0. The number of ketones is 1. The first-order valence-electron chi connectivity index (χ1n) is 17.3. The maximum absolute atomic E-state index is 14.7. The van der Waals surface area contributed by atoms with Gasteiger partial charge < -0.3 is 10.1 Å². The van der Waals surface area contributed by atoms with E-state index in [-0.39, 0.29) is 56.9 Å². The molecule has 1 N–H and O–H groups in total. The van der Waals surface area contributed by atoms with Crippen molar-refractivity contribution in [2.24, 2.45) is 50.2 Å². The number of allylic oxidation sites excluding steroid dienone is 2. The molecule has 4 fully saturated rings. The highest BCUT2D eigenvalue weighted by molar-refractivity contribution is 5.95. The normalized spacial score (nSPS) is 44.2. The highest BCUT2D eigenvalue weighted by Crippen LogP contribution is 2.75. The summed E-state index contributed by atoms with van der Waals surface area (Å²) in [6.07, 6.45) is 10.7. The van der Waals surface area contributed by atoms with Gasteiger partial charge >= 0.3 is 5.97 Å². The molecule has 44 heavy (non-hydrogen) atoms. The summed E-state index contributed by atoms with van der Waals surface area (Å²) in [5.74, 6) is 0.731. The van der Waals surface area contributed by atoms with Gasteiger partial charge in [0.15, 0.2) is 5.78 Å². The molecule has 9 atom stereocenters. The second-order valence-corrected chi connectivity index (χ2v) is 17.4. The van der Waals surface area contributed by atoms with Gasteiger partial charge in [-0.25, -0.2) is 0 Å². The highest BCUT2D eigenvalue weighted by atomic mass is 16.5. The number of esters is 1. The highest BCUT2D eigenvalue weighted by Gasteiger charge is 2.70. The Balaban J connectivity index is 1.32. The van der Waals surface area contributed by atoms with E-state index in [1.54, 1.807) is 0 Å². The predicted molar refractivity (Wildman–Crippen MR) is 173 cm³/mol. The van der Waals surface area contributed by atoms with E-state index in [1.165, 1.54) is 12.5 Å². The van der Waals surface area contributed by atoms with Gasteiger partial charge in [-0.1, -0.05) is 84.4 Å². The quantitative estimate of drug-likeness (QED) is 0.353. The van der Waals surface area contributed by atoms with Crippen LogP contribution in [0.15, 0.2) is 42.0 Å². The van der Waals surface area contributed by atoms with Crippen LogP contribution in [0.5, 0.6) is 0 Å². The maximum atomic E-state index is 14.7. The van der Waals surface area contributed by atoms with Crippen molar-refractivity contribution < 1.29 is 19.1 Å². The molecule has 0 heterocycles. The van der Waals surface area contributed by atoms with E-state index < -0.39 is 5.41 Å². The van der Waals surface area contributed by atoms with Gasteiger partial charge in [0, 0.05) is 30.2 Å². The lowest BCUT2D eigenvalue weighted by molar-refractivity contribution is -0.210. The van der Waals surface area contributed by atoms with Crippen molar-refractivity contribution in [3.05, 3.63) is 47.5 Å². The number of carbonyl (C=O) groups excluding carboxylic acids is 3. The van der Waals surface area contributed by atoms with Crippen molar-refractivity contribution >= 4 is 17.7 Å². The van der Waals surface area contributed by atoms with Crippen LogP contribution in [0.4, 0.5) is 0 Å². The topological polar surface area (TPSA) is 72.5 Å². The third kappa shape index (κ3) is 4.48. The second kappa shape index (κ2) is 10.3. The van der Waals surface area contributed by atoms with Crippen molar-refractivity contribution in [1.82, 2.24) is 5.32 Å². The third-order valence-electron chi connectivity index (χ3n) is 14.7. The Morgan fingerprint density at radius 2 is 1.57 bits per heavy atom. The summed E-state index contributed by atoms with van der Waals surface area (Å²) in [6.45, 7) is 18.5. The average molecular weight is 602 g/mol. The van der Waals surface area contributed by atoms with E-state index in [1.807, 2.05) is 18.2 Å². The zero-order valence-corrected chi connectivity index (χ0v) is 28.5. The molecule has 5 heteroatoms. The van der Waals surface area contributed by atoms with E-state index in [0.29, 0.717) is 18.2 Å². The number of amides is 1. The Bertz CT molecular complexity index is 1380. The fourth-order valence-electron chi connectivity index (χ4n) is 11.8. The van der Waals surface area contributed by atoms with Crippen LogP contribution in [0.3, 0.4) is 0 Å². The van der Waals surface area contributed by atoms with Gasteiger partial charge in [-0.15, -0.1) is 0 Å². The van der Waals surface area contributed by atoms with Crippen LogP contribution < -0.4 is 5.32 Å². The molecular weight excluding hydrogens is 546 g/mol. The van der Waals surface area contributed by atoms with Gasteiger partial charge in [0.1, 0.15) is 6.10 Å². The molecule has 6 rings (SSSR count). The average Bonchev–Trinajstić information content (AvgIpc) is 2.95. The Morgan fingerprint density at radius 1 is 0.886 bits per heavy atom. The van der Waals surface area contributed by atoms with Gasteiger partial charge in [0.2, 0.25) is 5.91 Å². The largest absolute Gasteiger partial charge is 0.462 e. The molecule has 0 spiro atoms. The van der Waals surface area contributed by atoms with E-state index in [9.17, 15) is 14.4 Å². The summed E-state index contributed by atoms with van der Waals surface area (Å²) < 4.78 is 5.88. The zero-order valence-electron chi connectivity index (χ0n) is 28.5. The monoisotopic (exact) mass is 601 g/mol. The van der Waals surface area contributed by atoms with E-state index in [4.69, 9.17) is 4.74 Å². The maximum Gasteiger partial charge on any atom is 0.302 e. The summed E-state index contributed by atoms with van der Waals surface area (Å²) in [4.78, 5) is 40.4. The van der Waals surface area contributed by atoms with Crippen LogP contribution in [-0.4, -0.2) is 23.8 Å². The standard InChI is InChI=1S/C39H55NO4/c1-25(41)44-31-15-16-37(6)30(34(31,2)3)14-17-39(8)32(37)29(42)22-27-28-23-36(5,19-18-35(28,4)20-21-38(27,39)7)33(43)40-24-26-12-10-9-11-13-26/h9-13,22,28,30-32H,14-21,23-24H2,1-8H3,(H,40,43)/t28-,30-,31+,32-,35-,36+,37-,38+,39-/m1/s1. The molecule has 5 nitrogen and oxygen atoms in total. The zero-order chi connectivity index (χ0) is 31.9. The van der Waals surface area contributed by atoms with Gasteiger partial charge in [-0.2, -0.15) is 0 Å². The fourth-order valence-corrected chi connectivity index (χ4v) is 11.8. The molecule has 5 aliphatic carbocycles. The van der Waals surface area contributed by atoms with Crippen LogP contribution in [0, 0.1) is 50.2 Å². The Hall–Kier alpha value is -2.43. The number of benzene rings is 1. The molecule has 0 radical (unpaired) electrons. The molecular formula is C39H55NO4. The molecule has 1 amide bonds. The fraction of sp³-hybridized carbons (Fsp3) is 0.718. The van der Waals surface area contributed by atoms with Gasteiger partial charge in [-0.05, 0) is 103 Å². The number of nitrogens with one attached hydrogen (secondary N) is 1. The van der Waals surface area contributed by atoms with Crippen LogP contribution in [-0.2, 0) is 25.7 Å². The van der Waals surface area contributed by atoms with Crippen molar-refractivity contribution in [1.29, 1.82) is 0 Å². The van der Waals surface area contributed by atoms with Crippen LogP contribution >= 0.6 is 0 Å². The molecule has 0 aliphatic heterocycles. The first-order chi connectivity index (χ1) is 20.5. The van der Waals surface area contributed by atoms with Crippen LogP contribution in [0.1, 0.15) is 119 Å². The van der Waals surface area contributed by atoms with Gasteiger partial charge in [-0.3, -0.25) is 14.4 Å². The van der Waals surface area contributed by atoms with E-state index in [0.717, 1.165) is 63.4 Å². The third-order valence-corrected chi connectivity index (χ3v) is 14.7. The summed E-state index contributed by atoms with van der Waals surface area (Å²) in [7, 11) is 0. The lowest BCUT2D eigenvalue weighted by Crippen LogP contribution is -2.66. The SMILES string of the molecule is CC(=O)O[C@H]1CC[C@]2(C)[C@H](CC[C@]3(C)[C@@H]2C(=O)C=C2[C@H]4C[C@@](C)(C(=O)NCc5ccccc5)CC[C@]4(C)CC[C@@]23C)C1(C)C. The number of fused-ring (bicyclic) bond motifs is 7. The van der Waals surface area contributed by atoms with Gasteiger partial charge in [0.25, 0.3) is 0 Å². The van der Waals surface area contributed by atoms with Crippen molar-refractivity contribution in [3.63, 3.8) is 0 Å². The van der Waals surface area contributed by atoms with Crippen molar-refractivity contribution in [3.8, 4) is 0 Å². The Kier molecular flexibility index (Phi) is 7.38. The first-order valence-corrected chi connectivity index (χ1v) is 17.3. The van der Waals surface area contributed by atoms with E-state index >= 15 is 0 Å². The second-order valence-electron chi connectivity index (χ2n) is 17.4. The molecule has 0 bridgehead atoms. The lowest BCUT2D eigenvalue weighted by atomic mass is 9.33. The smallest absolute Gasteiger partial charge is 0.302 e. The molecule has 5 aliphatic rings. The molecule has 0 aromatic heterocycles. The van der Waals surface area contributed by atoms with Crippen LogP contribution in [0.2, 0.25) is 0 Å². The van der Waals surface area contributed by atoms with Crippen LogP contribution in [0.25, 0.3) is 0 Å². The number of ether oxygens (including phenoxy) is 1. The number of rotatable bonds is 4. The molecule has 1 aromatic carbocycles.